The Labute approximate surface area is 98.0 Å². The molecule has 1 rings (SSSR count). The number of hydrogen-bond acceptors (Lipinski definition) is 1. The topological polar surface area (TPSA) is 17.0 Å². The van der Waals surface area contributed by atoms with Crippen LogP contribution in [0.2, 0.25) is 0 Å². The fraction of sp³-hybridized carbons (Fsp3) is 0.429. The van der Waals surface area contributed by atoms with Gasteiger partial charge in [0, 0.05) is 30.0 Å². The molecule has 1 aromatic heterocycles. The van der Waals surface area contributed by atoms with Crippen LogP contribution in [0.4, 0.5) is 0 Å². The summed E-state index contributed by atoms with van der Waals surface area (Å²) in [5, 5.41) is 5.19. The molecule has 16 heavy (non-hydrogen) atoms. The zero-order valence-corrected chi connectivity index (χ0v) is 10.3. The van der Waals surface area contributed by atoms with Gasteiger partial charge in [-0.3, -0.25) is 0 Å². The van der Waals surface area contributed by atoms with Gasteiger partial charge in [-0.2, -0.15) is 0 Å². The highest BCUT2D eigenvalue weighted by Crippen LogP contribution is 2.04. The number of nitrogens with zero attached hydrogens (tertiary/aromatic N) is 1. The molecular weight excluding hydrogens is 196 g/mol. The largest absolute Gasteiger partial charge is 0.392 e. The van der Waals surface area contributed by atoms with Crippen LogP contribution in [0.25, 0.3) is 13.2 Å². The molecule has 2 nitrogen and oxygen atoms in total. The van der Waals surface area contributed by atoms with Crippen LogP contribution >= 0.6 is 0 Å². The smallest absolute Gasteiger partial charge is 0.0338 e. The van der Waals surface area contributed by atoms with Gasteiger partial charge in [-0.25, -0.2) is 0 Å². The predicted octanol–water partition coefficient (Wildman–Crippen LogP) is 1.60. The lowest BCUT2D eigenvalue weighted by atomic mass is 10.1. The zero-order valence-electron chi connectivity index (χ0n) is 10.3. The first-order chi connectivity index (χ1) is 7.65. The molecule has 88 valence electrons. The molecule has 0 aromatic carbocycles. The highest BCUT2D eigenvalue weighted by molar-refractivity contribution is 5.08. The van der Waals surface area contributed by atoms with E-state index in [0.29, 0.717) is 0 Å². The van der Waals surface area contributed by atoms with Crippen LogP contribution in [0.5, 0.6) is 0 Å². The van der Waals surface area contributed by atoms with Crippen molar-refractivity contribution < 1.29 is 0 Å². The lowest BCUT2D eigenvalue weighted by molar-refractivity contribution is 0.569. The maximum Gasteiger partial charge on any atom is 0.0338 e. The van der Waals surface area contributed by atoms with Gasteiger partial charge in [-0.05, 0) is 31.4 Å². The number of unbranched alkanes of at least 4 members (excludes halogenated alkanes) is 2. The summed E-state index contributed by atoms with van der Waals surface area (Å²) in [6.07, 6.45) is 4.66. The number of allylic oxidation sites excluding steroid dienone is 1. The first kappa shape index (κ1) is 12.6. The van der Waals surface area contributed by atoms with E-state index in [1.807, 2.05) is 19.2 Å². The number of nitrogens with one attached hydrogen (secondary N) is 1. The second-order valence-electron chi connectivity index (χ2n) is 4.13. The minimum Gasteiger partial charge on any atom is -0.392 e. The molecule has 0 unspecified atom stereocenters. The normalized spacial score (nSPS) is 10.3. The maximum absolute atomic E-state index is 3.98. The standard InChI is InChI=1S/C14H22N2/c1-12(15-4)8-6-5-7-11-16-13(2)9-10-14(16)3/h9-10,15H,1-3,5-8,11H2,4H3. The van der Waals surface area contributed by atoms with Crippen molar-refractivity contribution in [3.8, 4) is 0 Å². The molecule has 0 spiro atoms. The lowest BCUT2D eigenvalue weighted by Gasteiger charge is -2.06. The van der Waals surface area contributed by atoms with E-state index in [2.05, 4.69) is 29.6 Å². The average Bonchev–Trinajstić information content (AvgIpc) is 2.59. The predicted molar refractivity (Wildman–Crippen MR) is 71.4 cm³/mol. The van der Waals surface area contributed by atoms with Gasteiger partial charge < -0.3 is 9.88 Å². The Balaban J connectivity index is 2.24. The van der Waals surface area contributed by atoms with Gasteiger partial charge in [0.25, 0.3) is 0 Å². The van der Waals surface area contributed by atoms with E-state index >= 15 is 0 Å². The Bertz CT molecular complexity index is 401. The van der Waals surface area contributed by atoms with E-state index in [9.17, 15) is 0 Å². The fourth-order valence-corrected chi connectivity index (χ4v) is 1.75. The molecule has 1 N–H and O–H groups in total. The molecule has 0 saturated heterocycles. The molecular formula is C14H22N2. The summed E-state index contributed by atoms with van der Waals surface area (Å²) < 4.78 is 2.17. The molecule has 0 amide bonds. The van der Waals surface area contributed by atoms with Crippen molar-refractivity contribution in [2.45, 2.75) is 32.2 Å². The third-order valence-electron chi connectivity index (χ3n) is 2.88. The van der Waals surface area contributed by atoms with E-state index in [1.165, 1.54) is 19.3 Å². The van der Waals surface area contributed by atoms with Crippen molar-refractivity contribution in [1.29, 1.82) is 0 Å². The van der Waals surface area contributed by atoms with Crippen LogP contribution in [-0.2, 0) is 6.54 Å². The highest BCUT2D eigenvalue weighted by Gasteiger charge is 1.95. The monoisotopic (exact) mass is 218 g/mol. The van der Waals surface area contributed by atoms with Gasteiger partial charge in [0.05, 0.1) is 0 Å². The molecule has 0 fully saturated rings. The van der Waals surface area contributed by atoms with Crippen LogP contribution in [-0.4, -0.2) is 11.6 Å². The minimum atomic E-state index is 1.02. The SMILES string of the molecule is C=C(CCCCCn1c(=C)ccc1=C)NC. The molecule has 0 aliphatic carbocycles. The number of aromatic nitrogens is 1. The van der Waals surface area contributed by atoms with Gasteiger partial charge in [0.1, 0.15) is 0 Å². The van der Waals surface area contributed by atoms with E-state index < -0.39 is 0 Å². The number of rotatable bonds is 7. The molecule has 0 radical (unpaired) electrons. The molecule has 0 aliphatic heterocycles. The molecule has 0 bridgehead atoms. The molecule has 1 aromatic rings. The average molecular weight is 218 g/mol. The van der Waals surface area contributed by atoms with Gasteiger partial charge in [-0.1, -0.05) is 26.2 Å². The Morgan fingerprint density at radius 3 is 2.38 bits per heavy atom. The van der Waals surface area contributed by atoms with Crippen LogP contribution in [0.1, 0.15) is 25.7 Å². The van der Waals surface area contributed by atoms with Crippen molar-refractivity contribution in [2.24, 2.45) is 0 Å². The molecule has 0 aliphatic rings. The Morgan fingerprint density at radius 1 is 1.19 bits per heavy atom. The van der Waals surface area contributed by atoms with Crippen molar-refractivity contribution in [2.75, 3.05) is 7.05 Å². The molecule has 1 heterocycles. The van der Waals surface area contributed by atoms with Gasteiger partial charge in [0.2, 0.25) is 0 Å². The van der Waals surface area contributed by atoms with Crippen LogP contribution < -0.4 is 16.0 Å². The van der Waals surface area contributed by atoms with E-state index in [-0.39, 0.29) is 0 Å². The molecule has 2 heteroatoms. The van der Waals surface area contributed by atoms with Crippen LogP contribution in [0.3, 0.4) is 0 Å². The molecule has 0 atom stereocenters. The highest BCUT2D eigenvalue weighted by atomic mass is 14.9. The van der Waals surface area contributed by atoms with Gasteiger partial charge in [0.15, 0.2) is 0 Å². The summed E-state index contributed by atoms with van der Waals surface area (Å²) in [7, 11) is 1.92. The second-order valence-corrected chi connectivity index (χ2v) is 4.13. The number of hydrogen-bond donors (Lipinski definition) is 1. The summed E-state index contributed by atoms with van der Waals surface area (Å²) in [4.78, 5) is 0. The first-order valence-electron chi connectivity index (χ1n) is 5.84. The summed E-state index contributed by atoms with van der Waals surface area (Å²) in [5.74, 6) is 0. The third-order valence-corrected chi connectivity index (χ3v) is 2.88. The second kappa shape index (κ2) is 6.21. The molecule has 0 saturated carbocycles. The van der Waals surface area contributed by atoms with Crippen molar-refractivity contribution in [3.63, 3.8) is 0 Å². The van der Waals surface area contributed by atoms with Crippen molar-refractivity contribution in [3.05, 3.63) is 35.1 Å². The van der Waals surface area contributed by atoms with E-state index in [0.717, 1.165) is 29.4 Å². The summed E-state index contributed by atoms with van der Waals surface area (Å²) in [5.41, 5.74) is 1.12. The first-order valence-corrected chi connectivity index (χ1v) is 5.84. The third kappa shape index (κ3) is 3.61. The maximum atomic E-state index is 3.98. The Hall–Kier alpha value is -1.44. The lowest BCUT2D eigenvalue weighted by Crippen LogP contribution is -2.24. The van der Waals surface area contributed by atoms with Crippen LogP contribution in [0, 0.1) is 0 Å². The summed E-state index contributed by atoms with van der Waals surface area (Å²) in [6.45, 7) is 12.9. The summed E-state index contributed by atoms with van der Waals surface area (Å²) in [6, 6.07) is 4.04. The Kier molecular flexibility index (Phi) is 4.90. The van der Waals surface area contributed by atoms with Crippen LogP contribution in [0.15, 0.2) is 24.4 Å². The van der Waals surface area contributed by atoms with Crippen molar-refractivity contribution in [1.82, 2.24) is 9.88 Å². The van der Waals surface area contributed by atoms with E-state index in [4.69, 9.17) is 0 Å². The Morgan fingerprint density at radius 2 is 1.81 bits per heavy atom. The fourth-order valence-electron chi connectivity index (χ4n) is 1.75. The zero-order chi connectivity index (χ0) is 12.0. The van der Waals surface area contributed by atoms with Gasteiger partial charge in [-0.15, -0.1) is 0 Å². The summed E-state index contributed by atoms with van der Waals surface area (Å²) >= 11 is 0. The van der Waals surface area contributed by atoms with E-state index in [1.54, 1.807) is 0 Å². The van der Waals surface area contributed by atoms with Gasteiger partial charge >= 0.3 is 0 Å². The quantitative estimate of drug-likeness (QED) is 0.688. The van der Waals surface area contributed by atoms with Crippen molar-refractivity contribution >= 4 is 13.2 Å². The minimum absolute atomic E-state index is 1.02.